The Balaban J connectivity index is 1.31. The van der Waals surface area contributed by atoms with Gasteiger partial charge in [0.2, 0.25) is 5.91 Å². The number of nitrogens with two attached hydrogens (primary N) is 2. The number of guanidine groups is 1. The lowest BCUT2D eigenvalue weighted by molar-refractivity contribution is -0.132. The van der Waals surface area contributed by atoms with Crippen LogP contribution in [-0.2, 0) is 16.1 Å². The van der Waals surface area contributed by atoms with E-state index in [0.29, 0.717) is 78.2 Å². The fourth-order valence-corrected chi connectivity index (χ4v) is 6.13. The second-order valence-electron chi connectivity index (χ2n) is 13.5. The van der Waals surface area contributed by atoms with Gasteiger partial charge in [0.15, 0.2) is 5.96 Å². The molecule has 13 nitrogen and oxygen atoms in total. The number of carbonyl (C=O) groups is 3. The average Bonchev–Trinajstić information content (AvgIpc) is 3.14. The Morgan fingerprint density at radius 1 is 0.849 bits per heavy atom. The van der Waals surface area contributed by atoms with Gasteiger partial charge in [-0.05, 0) is 101 Å². The number of aryl methyl sites for hydroxylation is 1. The molecule has 3 aromatic carbocycles. The van der Waals surface area contributed by atoms with Crippen molar-refractivity contribution in [2.75, 3.05) is 64.7 Å². The first-order valence-corrected chi connectivity index (χ1v) is 18.2. The maximum atomic E-state index is 13.5. The van der Waals surface area contributed by atoms with Crippen molar-refractivity contribution in [2.24, 2.45) is 16.5 Å². The van der Waals surface area contributed by atoms with Crippen molar-refractivity contribution in [2.45, 2.75) is 64.5 Å². The number of benzene rings is 3. The highest BCUT2D eigenvalue weighted by Gasteiger charge is 2.23. The summed E-state index contributed by atoms with van der Waals surface area (Å²) < 4.78 is 17.4. The lowest BCUT2D eigenvalue weighted by Crippen LogP contribution is -2.44. The molecule has 1 saturated heterocycles. The first-order valence-electron chi connectivity index (χ1n) is 18.2. The first kappa shape index (κ1) is 40.6. The molecule has 4 rings (SSSR count). The van der Waals surface area contributed by atoms with Crippen LogP contribution in [0.25, 0.3) is 0 Å². The SMILES string of the molecule is COCc1cc(C(=O)Nc2ccc(C)cc2OCCCCCC(=O)N2CCC(N(C)C)CC2)ccc1NC(=O)c1ccccc1OCCCN=C(N)N. The van der Waals surface area contributed by atoms with E-state index in [1.807, 2.05) is 30.0 Å². The molecule has 1 aliphatic heterocycles. The van der Waals surface area contributed by atoms with Crippen molar-refractivity contribution >= 4 is 35.1 Å². The minimum atomic E-state index is -0.368. The van der Waals surface area contributed by atoms with Crippen LogP contribution in [0.1, 0.15) is 76.8 Å². The Morgan fingerprint density at radius 3 is 2.28 bits per heavy atom. The van der Waals surface area contributed by atoms with E-state index in [9.17, 15) is 14.4 Å². The van der Waals surface area contributed by atoms with Crippen molar-refractivity contribution < 1.29 is 28.6 Å². The Labute approximate surface area is 313 Å². The van der Waals surface area contributed by atoms with Crippen molar-refractivity contribution in [3.63, 3.8) is 0 Å². The summed E-state index contributed by atoms with van der Waals surface area (Å²) in [5.74, 6) is 0.561. The molecule has 1 fully saturated rings. The fraction of sp³-hybridized carbons (Fsp3) is 0.450. The number of piperidine rings is 1. The van der Waals surface area contributed by atoms with Crippen LogP contribution in [0.4, 0.5) is 11.4 Å². The van der Waals surface area contributed by atoms with Crippen LogP contribution in [0.3, 0.4) is 0 Å². The molecule has 1 aliphatic rings. The number of nitrogens with one attached hydrogen (secondary N) is 2. The Morgan fingerprint density at radius 2 is 1.55 bits per heavy atom. The van der Waals surface area contributed by atoms with E-state index in [4.69, 9.17) is 25.7 Å². The number of hydrogen-bond acceptors (Lipinski definition) is 8. The van der Waals surface area contributed by atoms with E-state index in [0.717, 1.165) is 50.8 Å². The van der Waals surface area contributed by atoms with E-state index in [2.05, 4.69) is 34.6 Å². The Hall–Kier alpha value is -5.14. The van der Waals surface area contributed by atoms with Crippen LogP contribution in [0.15, 0.2) is 65.7 Å². The third-order valence-corrected chi connectivity index (χ3v) is 9.13. The molecule has 0 aliphatic carbocycles. The number of hydrogen-bond donors (Lipinski definition) is 4. The summed E-state index contributed by atoms with van der Waals surface area (Å²) in [6, 6.07) is 18.2. The van der Waals surface area contributed by atoms with Gasteiger partial charge in [-0.1, -0.05) is 18.2 Å². The van der Waals surface area contributed by atoms with Gasteiger partial charge in [0.25, 0.3) is 11.8 Å². The highest BCUT2D eigenvalue weighted by Crippen LogP contribution is 2.28. The average molecular weight is 730 g/mol. The summed E-state index contributed by atoms with van der Waals surface area (Å²) in [4.78, 5) is 47.7. The van der Waals surface area contributed by atoms with Gasteiger partial charge in [0.1, 0.15) is 11.5 Å². The van der Waals surface area contributed by atoms with Crippen molar-refractivity contribution in [3.05, 3.63) is 82.9 Å². The molecule has 0 unspecified atom stereocenters. The molecule has 13 heteroatoms. The molecule has 0 atom stereocenters. The standard InChI is InChI=1S/C40H55N7O6/c1-28-14-16-34(36(25-28)53-23-9-5-6-13-37(48)47-21-18-31(19-22-47)46(2)3)45-38(49)29-15-17-33(30(26-29)27-51-4)44-39(50)32-11-7-8-12-35(32)52-24-10-20-43-40(41)42/h7-8,11-12,14-17,25-26,31H,5-6,9-10,13,18-24,27H2,1-4H3,(H,44,50)(H,45,49)(H4,41,42,43). The molecule has 3 aromatic rings. The minimum absolute atomic E-state index is 0.0176. The van der Waals surface area contributed by atoms with Gasteiger partial charge in [-0.2, -0.15) is 0 Å². The highest BCUT2D eigenvalue weighted by atomic mass is 16.5. The number of likely N-dealkylation sites (tertiary alicyclic amines) is 1. The van der Waals surface area contributed by atoms with Crippen LogP contribution in [0.2, 0.25) is 0 Å². The highest BCUT2D eigenvalue weighted by molar-refractivity contribution is 6.08. The number of nitrogens with zero attached hydrogens (tertiary/aromatic N) is 3. The molecular weight excluding hydrogens is 674 g/mol. The smallest absolute Gasteiger partial charge is 0.259 e. The summed E-state index contributed by atoms with van der Waals surface area (Å²) in [5, 5.41) is 5.92. The number of para-hydroxylation sites is 1. The normalized spacial score (nSPS) is 13.0. The van der Waals surface area contributed by atoms with Gasteiger partial charge < -0.3 is 46.1 Å². The molecule has 0 aromatic heterocycles. The predicted molar refractivity (Wildman–Crippen MR) is 209 cm³/mol. The third-order valence-electron chi connectivity index (χ3n) is 9.13. The largest absolute Gasteiger partial charge is 0.493 e. The van der Waals surface area contributed by atoms with Crippen molar-refractivity contribution in [1.82, 2.24) is 9.80 Å². The lowest BCUT2D eigenvalue weighted by atomic mass is 10.0. The Kier molecular flexibility index (Phi) is 15.9. The molecule has 6 N–H and O–H groups in total. The first-order chi connectivity index (χ1) is 25.5. The van der Waals surface area contributed by atoms with Crippen LogP contribution >= 0.6 is 0 Å². The maximum Gasteiger partial charge on any atom is 0.259 e. The van der Waals surface area contributed by atoms with E-state index in [1.165, 1.54) is 0 Å². The number of rotatable bonds is 19. The van der Waals surface area contributed by atoms with Crippen molar-refractivity contribution in [3.8, 4) is 11.5 Å². The van der Waals surface area contributed by atoms with Crippen LogP contribution in [0.5, 0.6) is 11.5 Å². The zero-order valence-corrected chi connectivity index (χ0v) is 31.5. The summed E-state index contributed by atoms with van der Waals surface area (Å²) in [6.07, 6.45) is 5.66. The molecule has 3 amide bonds. The second-order valence-corrected chi connectivity index (χ2v) is 13.5. The van der Waals surface area contributed by atoms with E-state index in [-0.39, 0.29) is 30.3 Å². The van der Waals surface area contributed by atoms with Gasteiger partial charge >= 0.3 is 0 Å². The predicted octanol–water partition coefficient (Wildman–Crippen LogP) is 5.18. The van der Waals surface area contributed by atoms with E-state index >= 15 is 0 Å². The maximum absolute atomic E-state index is 13.5. The van der Waals surface area contributed by atoms with E-state index in [1.54, 1.807) is 49.6 Å². The zero-order chi connectivity index (χ0) is 38.2. The molecular formula is C40H55N7O6. The van der Waals surface area contributed by atoms with E-state index < -0.39 is 0 Å². The van der Waals surface area contributed by atoms with Gasteiger partial charge in [0.05, 0.1) is 31.1 Å². The number of methoxy groups -OCH3 is 1. The van der Waals surface area contributed by atoms with Crippen LogP contribution in [0, 0.1) is 6.92 Å². The van der Waals surface area contributed by atoms with Crippen LogP contribution < -0.4 is 31.6 Å². The molecule has 286 valence electrons. The van der Waals surface area contributed by atoms with Gasteiger partial charge in [-0.3, -0.25) is 19.4 Å². The quantitative estimate of drug-likeness (QED) is 0.0737. The number of anilines is 2. The number of unbranched alkanes of at least 4 members (excludes halogenated alkanes) is 2. The van der Waals surface area contributed by atoms with Gasteiger partial charge in [-0.25, -0.2) is 0 Å². The van der Waals surface area contributed by atoms with Crippen molar-refractivity contribution in [1.29, 1.82) is 0 Å². The molecule has 0 radical (unpaired) electrons. The second kappa shape index (κ2) is 20.8. The molecule has 0 spiro atoms. The van der Waals surface area contributed by atoms with Crippen LogP contribution in [-0.4, -0.2) is 93.6 Å². The number of aliphatic imine (C=N–C) groups is 1. The third kappa shape index (κ3) is 12.8. The zero-order valence-electron chi connectivity index (χ0n) is 31.5. The number of ether oxygens (including phenoxy) is 3. The summed E-state index contributed by atoms with van der Waals surface area (Å²) in [7, 11) is 5.75. The summed E-state index contributed by atoms with van der Waals surface area (Å²) in [6.45, 7) is 5.00. The monoisotopic (exact) mass is 729 g/mol. The molecule has 0 saturated carbocycles. The Bertz CT molecular complexity index is 1700. The fourth-order valence-electron chi connectivity index (χ4n) is 6.13. The van der Waals surface area contributed by atoms with Gasteiger partial charge in [0, 0.05) is 62.4 Å². The molecule has 1 heterocycles. The van der Waals surface area contributed by atoms with Gasteiger partial charge in [-0.15, -0.1) is 0 Å². The minimum Gasteiger partial charge on any atom is -0.493 e. The summed E-state index contributed by atoms with van der Waals surface area (Å²) in [5.41, 5.74) is 14.2. The molecule has 0 bridgehead atoms. The lowest BCUT2D eigenvalue weighted by Gasteiger charge is -2.35. The topological polar surface area (TPSA) is 174 Å². The number of carbonyl (C=O) groups excluding carboxylic acids is 3. The number of amides is 3. The summed E-state index contributed by atoms with van der Waals surface area (Å²) >= 11 is 0. The molecule has 53 heavy (non-hydrogen) atoms.